The number of nitrogens with one attached hydrogen (secondary N) is 2. The van der Waals surface area contributed by atoms with Gasteiger partial charge in [-0.3, -0.25) is 0 Å². The molecule has 0 aromatic heterocycles. The van der Waals surface area contributed by atoms with Gasteiger partial charge in [0.15, 0.2) is 0 Å². The van der Waals surface area contributed by atoms with Crippen LogP contribution in [0, 0.1) is 22.7 Å². The second kappa shape index (κ2) is 6.04. The van der Waals surface area contributed by atoms with Gasteiger partial charge in [-0.05, 0) is 52.0 Å². The van der Waals surface area contributed by atoms with Gasteiger partial charge in [0.05, 0.1) is 11.5 Å². The van der Waals surface area contributed by atoms with E-state index >= 15 is 0 Å². The molecule has 3 atom stereocenters. The van der Waals surface area contributed by atoms with E-state index in [4.69, 9.17) is 5.26 Å². The molecule has 1 heterocycles. The van der Waals surface area contributed by atoms with Crippen LogP contribution in [-0.2, 0) is 0 Å². The maximum Gasteiger partial charge on any atom is 0.0697 e. The molecule has 1 aliphatic carbocycles. The van der Waals surface area contributed by atoms with Gasteiger partial charge in [0.25, 0.3) is 0 Å². The Hall–Kier alpha value is -0.590. The molecule has 2 rings (SSSR count). The highest BCUT2D eigenvalue weighted by molar-refractivity contribution is 4.97. The zero-order valence-electron chi connectivity index (χ0n) is 11.8. The van der Waals surface area contributed by atoms with Crippen LogP contribution in [-0.4, -0.2) is 25.2 Å². The molecule has 2 fully saturated rings. The molecular formula is C15H27N3. The summed E-state index contributed by atoms with van der Waals surface area (Å²) in [5.41, 5.74) is -0.245. The van der Waals surface area contributed by atoms with Gasteiger partial charge in [-0.15, -0.1) is 0 Å². The molecule has 3 nitrogen and oxygen atoms in total. The molecule has 2 aliphatic rings. The summed E-state index contributed by atoms with van der Waals surface area (Å²) in [5.74, 6) is 0.774. The number of rotatable bonds is 4. The van der Waals surface area contributed by atoms with E-state index in [2.05, 4.69) is 16.7 Å². The Kier molecular flexibility index (Phi) is 4.64. The fourth-order valence-corrected chi connectivity index (χ4v) is 3.40. The molecule has 0 radical (unpaired) electrons. The normalized spacial score (nSPS) is 33.3. The van der Waals surface area contributed by atoms with Crippen LogP contribution in [0.1, 0.15) is 52.4 Å². The molecule has 0 bridgehead atoms. The molecule has 18 heavy (non-hydrogen) atoms. The fourth-order valence-electron chi connectivity index (χ4n) is 3.40. The Morgan fingerprint density at radius 1 is 1.22 bits per heavy atom. The summed E-state index contributed by atoms with van der Waals surface area (Å²) in [6, 6.07) is 3.72. The van der Waals surface area contributed by atoms with Crippen molar-refractivity contribution in [2.75, 3.05) is 13.1 Å². The SMILES string of the molecule is CC(C)(C#N)CNC1CCCCC1C1CCCN1. The molecule has 0 aromatic rings. The largest absolute Gasteiger partial charge is 0.314 e. The Morgan fingerprint density at radius 3 is 2.67 bits per heavy atom. The summed E-state index contributed by atoms with van der Waals surface area (Å²) in [6.07, 6.45) is 8.02. The molecule has 102 valence electrons. The van der Waals surface area contributed by atoms with Gasteiger partial charge in [0.2, 0.25) is 0 Å². The van der Waals surface area contributed by atoms with E-state index in [0.29, 0.717) is 12.1 Å². The van der Waals surface area contributed by atoms with Crippen LogP contribution >= 0.6 is 0 Å². The molecular weight excluding hydrogens is 222 g/mol. The van der Waals surface area contributed by atoms with Crippen LogP contribution in [0.2, 0.25) is 0 Å². The highest BCUT2D eigenvalue weighted by Gasteiger charge is 2.33. The average molecular weight is 249 g/mol. The van der Waals surface area contributed by atoms with Crippen molar-refractivity contribution in [3.05, 3.63) is 0 Å². The van der Waals surface area contributed by atoms with Crippen LogP contribution in [0.3, 0.4) is 0 Å². The first-order valence-electron chi connectivity index (χ1n) is 7.50. The van der Waals surface area contributed by atoms with Crippen molar-refractivity contribution in [2.45, 2.75) is 64.5 Å². The Morgan fingerprint density at radius 2 is 2.00 bits per heavy atom. The number of nitrogens with zero attached hydrogens (tertiary/aromatic N) is 1. The minimum atomic E-state index is -0.245. The Labute approximate surface area is 111 Å². The van der Waals surface area contributed by atoms with Gasteiger partial charge in [0.1, 0.15) is 0 Å². The monoisotopic (exact) mass is 249 g/mol. The van der Waals surface area contributed by atoms with Gasteiger partial charge in [-0.2, -0.15) is 5.26 Å². The maximum absolute atomic E-state index is 9.10. The van der Waals surface area contributed by atoms with Crippen LogP contribution in [0.4, 0.5) is 0 Å². The Bertz CT molecular complexity index is 299. The van der Waals surface area contributed by atoms with Gasteiger partial charge in [0, 0.05) is 18.6 Å². The molecule has 2 N–H and O–H groups in total. The van der Waals surface area contributed by atoms with E-state index in [1.165, 1.54) is 45.1 Å². The van der Waals surface area contributed by atoms with Crippen LogP contribution in [0.5, 0.6) is 0 Å². The van der Waals surface area contributed by atoms with E-state index in [9.17, 15) is 0 Å². The highest BCUT2D eigenvalue weighted by Crippen LogP contribution is 2.31. The topological polar surface area (TPSA) is 47.9 Å². The summed E-state index contributed by atoms with van der Waals surface area (Å²) in [7, 11) is 0. The summed E-state index contributed by atoms with van der Waals surface area (Å²) >= 11 is 0. The zero-order valence-corrected chi connectivity index (χ0v) is 11.8. The molecule has 3 heteroatoms. The molecule has 1 aliphatic heterocycles. The van der Waals surface area contributed by atoms with E-state index < -0.39 is 0 Å². The average Bonchev–Trinajstić information content (AvgIpc) is 2.91. The van der Waals surface area contributed by atoms with Crippen molar-refractivity contribution in [3.8, 4) is 6.07 Å². The highest BCUT2D eigenvalue weighted by atomic mass is 15.0. The van der Waals surface area contributed by atoms with E-state index in [1.807, 2.05) is 13.8 Å². The lowest BCUT2D eigenvalue weighted by molar-refractivity contribution is 0.204. The summed E-state index contributed by atoms with van der Waals surface area (Å²) in [5, 5.41) is 16.4. The van der Waals surface area contributed by atoms with Gasteiger partial charge in [-0.1, -0.05) is 12.8 Å². The predicted molar refractivity (Wildman–Crippen MR) is 74.2 cm³/mol. The third-order valence-corrected chi connectivity index (χ3v) is 4.54. The quantitative estimate of drug-likeness (QED) is 0.804. The van der Waals surface area contributed by atoms with Crippen molar-refractivity contribution < 1.29 is 0 Å². The number of hydrogen-bond acceptors (Lipinski definition) is 3. The van der Waals surface area contributed by atoms with Crippen LogP contribution in [0.25, 0.3) is 0 Å². The van der Waals surface area contributed by atoms with Crippen molar-refractivity contribution in [2.24, 2.45) is 11.3 Å². The lowest BCUT2D eigenvalue weighted by Gasteiger charge is -2.37. The van der Waals surface area contributed by atoms with E-state index in [0.717, 1.165) is 12.5 Å². The molecule has 1 saturated heterocycles. The first-order valence-corrected chi connectivity index (χ1v) is 7.50. The van der Waals surface area contributed by atoms with Crippen LogP contribution in [0.15, 0.2) is 0 Å². The van der Waals surface area contributed by atoms with E-state index in [1.54, 1.807) is 0 Å². The first-order chi connectivity index (χ1) is 8.62. The van der Waals surface area contributed by atoms with Crippen molar-refractivity contribution >= 4 is 0 Å². The van der Waals surface area contributed by atoms with Crippen molar-refractivity contribution in [1.29, 1.82) is 5.26 Å². The number of nitriles is 1. The summed E-state index contributed by atoms with van der Waals surface area (Å²) in [4.78, 5) is 0. The minimum Gasteiger partial charge on any atom is -0.314 e. The zero-order chi connectivity index (χ0) is 13.0. The number of hydrogen-bond donors (Lipinski definition) is 2. The molecule has 1 saturated carbocycles. The summed E-state index contributed by atoms with van der Waals surface area (Å²) in [6.45, 7) is 6.05. The predicted octanol–water partition coefficient (Wildman–Crippen LogP) is 2.44. The second-order valence-corrected chi connectivity index (χ2v) is 6.63. The third-order valence-electron chi connectivity index (χ3n) is 4.54. The molecule has 3 unspecified atom stereocenters. The second-order valence-electron chi connectivity index (χ2n) is 6.63. The van der Waals surface area contributed by atoms with Gasteiger partial charge >= 0.3 is 0 Å². The minimum absolute atomic E-state index is 0.245. The molecule has 0 amide bonds. The fraction of sp³-hybridized carbons (Fsp3) is 0.933. The van der Waals surface area contributed by atoms with Crippen molar-refractivity contribution in [1.82, 2.24) is 10.6 Å². The lowest BCUT2D eigenvalue weighted by Crippen LogP contribution is -2.49. The van der Waals surface area contributed by atoms with Crippen LogP contribution < -0.4 is 10.6 Å². The maximum atomic E-state index is 9.10. The standard InChI is InChI=1S/C15H27N3/c1-15(2,10-16)11-18-14-7-4-3-6-12(14)13-8-5-9-17-13/h12-14,17-18H,3-9,11H2,1-2H3. The molecule has 0 aromatic carbocycles. The third kappa shape index (κ3) is 3.46. The lowest BCUT2D eigenvalue weighted by atomic mass is 9.78. The van der Waals surface area contributed by atoms with E-state index in [-0.39, 0.29) is 5.41 Å². The molecule has 0 spiro atoms. The smallest absolute Gasteiger partial charge is 0.0697 e. The first kappa shape index (κ1) is 13.8. The van der Waals surface area contributed by atoms with Crippen molar-refractivity contribution in [3.63, 3.8) is 0 Å². The van der Waals surface area contributed by atoms with Gasteiger partial charge in [-0.25, -0.2) is 0 Å². The van der Waals surface area contributed by atoms with Gasteiger partial charge < -0.3 is 10.6 Å². The summed E-state index contributed by atoms with van der Waals surface area (Å²) < 4.78 is 0. The Balaban J connectivity index is 1.89.